The van der Waals surface area contributed by atoms with E-state index in [4.69, 9.17) is 14.2 Å². The highest BCUT2D eigenvalue weighted by atomic mass is 16.7. The Balaban J connectivity index is 1.63. The van der Waals surface area contributed by atoms with Crippen molar-refractivity contribution in [2.75, 3.05) is 19.2 Å². The third-order valence-corrected chi connectivity index (χ3v) is 4.90. The highest BCUT2D eigenvalue weighted by molar-refractivity contribution is 5.96. The number of nitrogens with one attached hydrogen (secondary N) is 1. The molecule has 0 saturated heterocycles. The lowest BCUT2D eigenvalue weighted by Gasteiger charge is -2.25. The highest BCUT2D eigenvalue weighted by Crippen LogP contribution is 2.35. The lowest BCUT2D eigenvalue weighted by Crippen LogP contribution is -2.47. The van der Waals surface area contributed by atoms with Gasteiger partial charge in [-0.3, -0.25) is 9.59 Å². The lowest BCUT2D eigenvalue weighted by atomic mass is 10.0. The van der Waals surface area contributed by atoms with Crippen molar-refractivity contribution < 1.29 is 19.0 Å². The first-order valence-electron chi connectivity index (χ1n) is 9.35. The number of benzene rings is 2. The van der Waals surface area contributed by atoms with E-state index in [0.717, 1.165) is 5.56 Å². The number of carbonyl (C=O) groups excluding carboxylic acids is 1. The molecule has 0 spiro atoms. The fourth-order valence-electron chi connectivity index (χ4n) is 3.08. The van der Waals surface area contributed by atoms with E-state index in [0.29, 0.717) is 28.6 Å². The van der Waals surface area contributed by atoms with E-state index >= 15 is 0 Å². The van der Waals surface area contributed by atoms with Crippen molar-refractivity contribution in [2.45, 2.75) is 19.4 Å². The van der Waals surface area contributed by atoms with Crippen LogP contribution in [0, 0.1) is 0 Å². The molecular formula is C22H21N3O5. The van der Waals surface area contributed by atoms with E-state index in [9.17, 15) is 9.59 Å². The average molecular weight is 407 g/mol. The zero-order valence-corrected chi connectivity index (χ0v) is 16.8. The van der Waals surface area contributed by atoms with Gasteiger partial charge in [0.15, 0.2) is 11.5 Å². The van der Waals surface area contributed by atoms with Crippen LogP contribution in [0.5, 0.6) is 17.2 Å². The molecule has 154 valence electrons. The first-order valence-corrected chi connectivity index (χ1v) is 9.35. The topological polar surface area (TPSA) is 91.7 Å². The monoisotopic (exact) mass is 407 g/mol. The van der Waals surface area contributed by atoms with Gasteiger partial charge >= 0.3 is 0 Å². The first-order chi connectivity index (χ1) is 14.4. The number of aromatic nitrogens is 2. The van der Waals surface area contributed by atoms with Crippen LogP contribution in [-0.2, 0) is 10.3 Å². The van der Waals surface area contributed by atoms with Gasteiger partial charge < -0.3 is 19.5 Å². The second-order valence-corrected chi connectivity index (χ2v) is 7.28. The Labute approximate surface area is 173 Å². The van der Waals surface area contributed by atoms with Gasteiger partial charge in [0.25, 0.3) is 11.5 Å². The molecule has 1 amide bonds. The Morgan fingerprint density at radius 3 is 2.53 bits per heavy atom. The quantitative estimate of drug-likeness (QED) is 0.699. The minimum atomic E-state index is -1.23. The summed E-state index contributed by atoms with van der Waals surface area (Å²) < 4.78 is 17.1. The average Bonchev–Trinajstić information content (AvgIpc) is 3.22. The summed E-state index contributed by atoms with van der Waals surface area (Å²) in [5.41, 5.74) is 0.268. The number of methoxy groups -OCH3 is 1. The summed E-state index contributed by atoms with van der Waals surface area (Å²) in [6.07, 6.45) is 0. The third-order valence-electron chi connectivity index (χ3n) is 4.90. The van der Waals surface area contributed by atoms with Gasteiger partial charge in [-0.1, -0.05) is 0 Å². The lowest BCUT2D eigenvalue weighted by molar-refractivity contribution is -0.123. The van der Waals surface area contributed by atoms with Crippen LogP contribution in [0.4, 0.5) is 5.69 Å². The number of fused-ring (bicyclic) bond motifs is 1. The molecule has 1 N–H and O–H groups in total. The van der Waals surface area contributed by atoms with E-state index in [1.165, 1.54) is 10.7 Å². The van der Waals surface area contributed by atoms with Gasteiger partial charge in [-0.15, -0.1) is 0 Å². The summed E-state index contributed by atoms with van der Waals surface area (Å²) in [5, 5.41) is 7.28. The minimum Gasteiger partial charge on any atom is -0.497 e. The van der Waals surface area contributed by atoms with E-state index < -0.39 is 5.54 Å². The molecule has 8 heteroatoms. The van der Waals surface area contributed by atoms with Crippen LogP contribution in [0.15, 0.2) is 59.4 Å². The fraction of sp³-hybridized carbons (Fsp3) is 0.227. The molecule has 8 nitrogen and oxygen atoms in total. The molecule has 3 aromatic rings. The van der Waals surface area contributed by atoms with Crippen molar-refractivity contribution in [3.05, 3.63) is 65.0 Å². The van der Waals surface area contributed by atoms with Crippen molar-refractivity contribution in [1.82, 2.24) is 9.78 Å². The maximum absolute atomic E-state index is 13.0. The molecule has 0 bridgehead atoms. The Bertz CT molecular complexity index is 1150. The van der Waals surface area contributed by atoms with Gasteiger partial charge in [-0.25, -0.2) is 4.68 Å². The van der Waals surface area contributed by atoms with Gasteiger partial charge in [0, 0.05) is 17.3 Å². The Hall–Kier alpha value is -3.81. The normalized spacial score (nSPS) is 12.5. The summed E-state index contributed by atoms with van der Waals surface area (Å²) in [5.74, 6) is 1.58. The largest absolute Gasteiger partial charge is 0.497 e. The molecule has 30 heavy (non-hydrogen) atoms. The smallest absolute Gasteiger partial charge is 0.267 e. The van der Waals surface area contributed by atoms with E-state index in [1.54, 1.807) is 63.4 Å². The van der Waals surface area contributed by atoms with Crippen LogP contribution >= 0.6 is 0 Å². The van der Waals surface area contributed by atoms with Crippen LogP contribution in [-0.4, -0.2) is 29.6 Å². The number of hydrogen-bond acceptors (Lipinski definition) is 6. The first kappa shape index (κ1) is 19.5. The van der Waals surface area contributed by atoms with E-state index in [-0.39, 0.29) is 18.3 Å². The predicted octanol–water partition coefficient (Wildman–Crippen LogP) is 3.02. The molecule has 1 aromatic heterocycles. The van der Waals surface area contributed by atoms with Gasteiger partial charge in [0.1, 0.15) is 11.3 Å². The summed E-state index contributed by atoms with van der Waals surface area (Å²) in [6.45, 7) is 3.46. The van der Waals surface area contributed by atoms with Crippen molar-refractivity contribution in [3.63, 3.8) is 0 Å². The van der Waals surface area contributed by atoms with Crippen molar-refractivity contribution in [1.29, 1.82) is 0 Å². The maximum atomic E-state index is 13.0. The summed E-state index contributed by atoms with van der Waals surface area (Å²) in [4.78, 5) is 25.5. The molecule has 4 rings (SSSR count). The molecule has 0 fully saturated rings. The van der Waals surface area contributed by atoms with Crippen molar-refractivity contribution in [3.8, 4) is 28.5 Å². The molecule has 0 saturated carbocycles. The molecule has 2 aromatic carbocycles. The number of nitrogens with zero attached hydrogens (tertiary/aromatic N) is 2. The maximum Gasteiger partial charge on any atom is 0.267 e. The van der Waals surface area contributed by atoms with Crippen LogP contribution in [0.25, 0.3) is 11.3 Å². The van der Waals surface area contributed by atoms with Crippen LogP contribution in [0.3, 0.4) is 0 Å². The standard InChI is InChI=1S/C22H21N3O5/c1-22(2,21(27)23-15-5-7-16(28-3)8-6-15)25-20(26)11-9-17(24-25)14-4-10-18-19(12-14)30-13-29-18/h4-12H,13H2,1-3H3,(H,23,27). The minimum absolute atomic E-state index is 0.171. The number of carbonyl (C=O) groups is 1. The summed E-state index contributed by atoms with van der Waals surface area (Å²) in [6, 6.07) is 15.4. The SMILES string of the molecule is COc1ccc(NC(=O)C(C)(C)n2nc(-c3ccc4c(c3)OCO4)ccc2=O)cc1. The fourth-order valence-corrected chi connectivity index (χ4v) is 3.08. The molecule has 0 aliphatic carbocycles. The third kappa shape index (κ3) is 3.59. The molecule has 1 aliphatic rings. The zero-order valence-electron chi connectivity index (χ0n) is 16.8. The number of rotatable bonds is 5. The summed E-state index contributed by atoms with van der Waals surface area (Å²) >= 11 is 0. The predicted molar refractivity (Wildman–Crippen MR) is 111 cm³/mol. The molecule has 0 radical (unpaired) electrons. The van der Waals surface area contributed by atoms with Crippen LogP contribution in [0.2, 0.25) is 0 Å². The molecule has 2 heterocycles. The van der Waals surface area contributed by atoms with Crippen LogP contribution in [0.1, 0.15) is 13.8 Å². The van der Waals surface area contributed by atoms with Crippen LogP contribution < -0.4 is 25.1 Å². The van der Waals surface area contributed by atoms with Crippen molar-refractivity contribution in [2.24, 2.45) is 0 Å². The molecule has 0 unspecified atom stereocenters. The van der Waals surface area contributed by atoms with Gasteiger partial charge in [0.2, 0.25) is 6.79 Å². The van der Waals surface area contributed by atoms with E-state index in [2.05, 4.69) is 10.4 Å². The van der Waals surface area contributed by atoms with Gasteiger partial charge in [-0.05, 0) is 62.4 Å². The Morgan fingerprint density at radius 1 is 1.07 bits per heavy atom. The van der Waals surface area contributed by atoms with Gasteiger partial charge in [-0.2, -0.15) is 5.10 Å². The second kappa shape index (κ2) is 7.55. The second-order valence-electron chi connectivity index (χ2n) is 7.28. The van der Waals surface area contributed by atoms with Crippen molar-refractivity contribution >= 4 is 11.6 Å². The summed E-state index contributed by atoms with van der Waals surface area (Å²) in [7, 11) is 1.57. The number of anilines is 1. The van der Waals surface area contributed by atoms with E-state index in [1.807, 2.05) is 6.07 Å². The zero-order chi connectivity index (χ0) is 21.3. The molecular weight excluding hydrogens is 386 g/mol. The number of amides is 1. The number of hydrogen-bond donors (Lipinski definition) is 1. The highest BCUT2D eigenvalue weighted by Gasteiger charge is 2.32. The number of ether oxygens (including phenoxy) is 3. The Morgan fingerprint density at radius 2 is 1.80 bits per heavy atom. The molecule has 0 atom stereocenters. The van der Waals surface area contributed by atoms with Gasteiger partial charge in [0.05, 0.1) is 12.8 Å². The molecule has 1 aliphatic heterocycles. The Kier molecular flexibility index (Phi) is 4.91.